The Morgan fingerprint density at radius 1 is 1.22 bits per heavy atom. The van der Waals surface area contributed by atoms with Gasteiger partial charge < -0.3 is 4.57 Å². The predicted octanol–water partition coefficient (Wildman–Crippen LogP) is 4.51. The number of nitrogens with two attached hydrogens (primary N) is 1. The van der Waals surface area contributed by atoms with Gasteiger partial charge in [-0.25, -0.2) is 18.5 Å². The molecule has 0 atom stereocenters. The second-order valence-corrected chi connectivity index (χ2v) is 8.21. The Kier molecular flexibility index (Phi) is 7.19. The lowest BCUT2D eigenvalue weighted by Gasteiger charge is -2.09. The van der Waals surface area contributed by atoms with Crippen molar-refractivity contribution in [1.82, 2.24) is 4.57 Å². The number of hydrogen-bond donors (Lipinski definition) is 1. The standard InChI is InChI=1S/C18H16ClN3O2S2.BrH/c1-2-10-22-16(12-25-18(22)21-14-6-4-3-5-7-14)13-8-9-15(19)17(11-13)26(20,23)24;/h2-9,11-12H,1,10H2,(H2,20,23,24);1H/b21-18+;. The van der Waals surface area contributed by atoms with Crippen LogP contribution >= 0.6 is 39.9 Å². The normalized spacial score (nSPS) is 11.9. The van der Waals surface area contributed by atoms with Crippen LogP contribution in [0.4, 0.5) is 5.69 Å². The van der Waals surface area contributed by atoms with E-state index in [0.717, 1.165) is 16.2 Å². The minimum absolute atomic E-state index is 0. The maximum atomic E-state index is 11.7. The molecule has 0 aliphatic heterocycles. The Labute approximate surface area is 177 Å². The van der Waals surface area contributed by atoms with Crippen molar-refractivity contribution < 1.29 is 8.42 Å². The molecule has 27 heavy (non-hydrogen) atoms. The van der Waals surface area contributed by atoms with Crippen LogP contribution in [0.2, 0.25) is 5.02 Å². The van der Waals surface area contributed by atoms with Crippen molar-refractivity contribution in [2.24, 2.45) is 10.1 Å². The third-order valence-corrected chi connectivity index (χ3v) is 5.88. The molecule has 0 amide bonds. The maximum Gasteiger partial charge on any atom is 0.239 e. The summed E-state index contributed by atoms with van der Waals surface area (Å²) >= 11 is 7.44. The monoisotopic (exact) mass is 485 g/mol. The summed E-state index contributed by atoms with van der Waals surface area (Å²) in [5, 5.41) is 7.27. The molecule has 0 aliphatic carbocycles. The lowest BCUT2D eigenvalue weighted by atomic mass is 10.2. The fourth-order valence-corrected chi connectivity index (χ4v) is 4.46. The number of para-hydroxylation sites is 1. The van der Waals surface area contributed by atoms with Crippen LogP contribution < -0.4 is 9.94 Å². The highest BCUT2D eigenvalue weighted by Gasteiger charge is 2.16. The smallest absolute Gasteiger partial charge is 0.239 e. The van der Waals surface area contributed by atoms with Gasteiger partial charge in [-0.05, 0) is 24.3 Å². The Bertz CT molecular complexity index is 1120. The van der Waals surface area contributed by atoms with Crippen molar-refractivity contribution in [3.63, 3.8) is 0 Å². The van der Waals surface area contributed by atoms with Crippen LogP contribution in [0.5, 0.6) is 0 Å². The van der Waals surface area contributed by atoms with Gasteiger partial charge in [0.25, 0.3) is 0 Å². The average Bonchev–Trinajstić information content (AvgIpc) is 2.98. The fourth-order valence-electron chi connectivity index (χ4n) is 2.45. The van der Waals surface area contributed by atoms with Crippen LogP contribution in [0.3, 0.4) is 0 Å². The molecule has 2 N–H and O–H groups in total. The van der Waals surface area contributed by atoms with E-state index >= 15 is 0 Å². The molecule has 0 spiro atoms. The lowest BCUT2D eigenvalue weighted by molar-refractivity contribution is 0.598. The second-order valence-electron chi connectivity index (χ2n) is 5.44. The summed E-state index contributed by atoms with van der Waals surface area (Å²) in [6, 6.07) is 14.4. The van der Waals surface area contributed by atoms with Gasteiger partial charge in [0.05, 0.1) is 16.4 Å². The molecule has 0 aliphatic rings. The Balaban J connectivity index is 0.00000261. The number of hydrogen-bond acceptors (Lipinski definition) is 4. The average molecular weight is 487 g/mol. The molecule has 0 radical (unpaired) electrons. The van der Waals surface area contributed by atoms with Crippen LogP contribution in [-0.2, 0) is 16.6 Å². The van der Waals surface area contributed by atoms with E-state index in [2.05, 4.69) is 11.6 Å². The highest BCUT2D eigenvalue weighted by molar-refractivity contribution is 8.93. The van der Waals surface area contributed by atoms with Crippen molar-refractivity contribution in [1.29, 1.82) is 0 Å². The summed E-state index contributed by atoms with van der Waals surface area (Å²) < 4.78 is 25.5. The molecular weight excluding hydrogens is 470 g/mol. The number of nitrogens with zero attached hydrogens (tertiary/aromatic N) is 2. The molecule has 2 aromatic carbocycles. The minimum atomic E-state index is -3.91. The van der Waals surface area contributed by atoms with Gasteiger partial charge in [0.15, 0.2) is 4.80 Å². The van der Waals surface area contributed by atoms with Crippen LogP contribution in [0.1, 0.15) is 0 Å². The van der Waals surface area contributed by atoms with Crippen molar-refractivity contribution in [3.8, 4) is 11.3 Å². The molecule has 9 heteroatoms. The van der Waals surface area contributed by atoms with Crippen LogP contribution in [0.15, 0.2) is 76.5 Å². The topological polar surface area (TPSA) is 77.5 Å². The first-order valence-electron chi connectivity index (χ1n) is 7.62. The lowest BCUT2D eigenvalue weighted by Crippen LogP contribution is -2.15. The number of thiazole rings is 1. The van der Waals surface area contributed by atoms with E-state index in [1.54, 1.807) is 12.1 Å². The van der Waals surface area contributed by atoms with Crippen molar-refractivity contribution in [2.75, 3.05) is 0 Å². The number of benzene rings is 2. The molecule has 1 heterocycles. The highest BCUT2D eigenvalue weighted by Crippen LogP contribution is 2.28. The number of primary sulfonamides is 1. The van der Waals surface area contributed by atoms with E-state index in [4.69, 9.17) is 16.7 Å². The zero-order valence-electron chi connectivity index (χ0n) is 14.1. The van der Waals surface area contributed by atoms with Gasteiger partial charge in [-0.2, -0.15) is 0 Å². The van der Waals surface area contributed by atoms with Gasteiger partial charge in [-0.1, -0.05) is 41.9 Å². The molecule has 142 valence electrons. The molecular formula is C18H17BrClN3O2S2. The Morgan fingerprint density at radius 2 is 1.93 bits per heavy atom. The van der Waals surface area contributed by atoms with E-state index in [-0.39, 0.29) is 26.9 Å². The molecule has 0 fully saturated rings. The largest absolute Gasteiger partial charge is 0.313 e. The molecule has 3 rings (SSSR count). The van der Waals surface area contributed by atoms with E-state index in [1.165, 1.54) is 23.5 Å². The Morgan fingerprint density at radius 3 is 2.56 bits per heavy atom. The number of aromatic nitrogens is 1. The van der Waals surface area contributed by atoms with E-state index in [0.29, 0.717) is 12.1 Å². The molecule has 0 bridgehead atoms. The SMILES string of the molecule is Br.C=CCn1c(-c2ccc(Cl)c(S(N)(=O)=O)c2)cs/c1=N/c1ccccc1. The molecule has 0 unspecified atom stereocenters. The quantitative estimate of drug-likeness (QED) is 0.538. The number of sulfonamides is 1. The minimum Gasteiger partial charge on any atom is -0.313 e. The maximum absolute atomic E-state index is 11.7. The van der Waals surface area contributed by atoms with Gasteiger partial charge >= 0.3 is 0 Å². The molecule has 1 aromatic heterocycles. The summed E-state index contributed by atoms with van der Waals surface area (Å²) in [7, 11) is -3.91. The predicted molar refractivity (Wildman–Crippen MR) is 116 cm³/mol. The molecule has 0 saturated carbocycles. The summed E-state index contributed by atoms with van der Waals surface area (Å²) in [6.07, 6.45) is 1.76. The third-order valence-electron chi connectivity index (χ3n) is 3.62. The summed E-state index contributed by atoms with van der Waals surface area (Å²) in [5.41, 5.74) is 2.33. The second kappa shape index (κ2) is 8.99. The molecule has 5 nitrogen and oxygen atoms in total. The van der Waals surface area contributed by atoms with Crippen molar-refractivity contribution in [2.45, 2.75) is 11.4 Å². The van der Waals surface area contributed by atoms with E-state index < -0.39 is 10.0 Å². The van der Waals surface area contributed by atoms with Gasteiger partial charge in [0.1, 0.15) is 4.90 Å². The first kappa shape index (κ1) is 21.6. The summed E-state index contributed by atoms with van der Waals surface area (Å²) in [4.78, 5) is 5.33. The zero-order valence-corrected chi connectivity index (χ0v) is 18.2. The Hall–Kier alpha value is -1.71. The van der Waals surface area contributed by atoms with Gasteiger partial charge in [-0.3, -0.25) is 0 Å². The van der Waals surface area contributed by atoms with Crippen molar-refractivity contribution >= 4 is 55.6 Å². The van der Waals surface area contributed by atoms with Gasteiger partial charge in [-0.15, -0.1) is 34.9 Å². The van der Waals surface area contributed by atoms with Crippen molar-refractivity contribution in [3.05, 3.63) is 76.4 Å². The summed E-state index contributed by atoms with van der Waals surface area (Å²) in [5.74, 6) is 0. The molecule has 0 saturated heterocycles. The first-order chi connectivity index (χ1) is 12.4. The van der Waals surface area contributed by atoms with E-state index in [1.807, 2.05) is 40.3 Å². The fraction of sp³-hybridized carbons (Fsp3) is 0.0556. The number of rotatable bonds is 5. The highest BCUT2D eigenvalue weighted by atomic mass is 79.9. The number of halogens is 2. The van der Waals surface area contributed by atoms with Crippen LogP contribution in [0, 0.1) is 0 Å². The zero-order chi connectivity index (χ0) is 18.7. The van der Waals surface area contributed by atoms with Crippen LogP contribution in [-0.4, -0.2) is 13.0 Å². The van der Waals surface area contributed by atoms with Gasteiger partial charge in [0.2, 0.25) is 10.0 Å². The first-order valence-corrected chi connectivity index (χ1v) is 10.4. The third kappa shape index (κ3) is 4.97. The number of allylic oxidation sites excluding steroid dienone is 1. The van der Waals surface area contributed by atoms with E-state index in [9.17, 15) is 8.42 Å². The summed E-state index contributed by atoms with van der Waals surface area (Å²) in [6.45, 7) is 4.32. The molecule has 3 aromatic rings. The van der Waals surface area contributed by atoms with Crippen LogP contribution in [0.25, 0.3) is 11.3 Å². The van der Waals surface area contributed by atoms with Gasteiger partial charge in [0, 0.05) is 17.5 Å².